The zero-order valence-electron chi connectivity index (χ0n) is 19.4. The third-order valence-electron chi connectivity index (χ3n) is 4.91. The normalized spacial score (nSPS) is 14.9. The molecule has 0 saturated carbocycles. The number of pyridine rings is 1. The summed E-state index contributed by atoms with van der Waals surface area (Å²) in [5.41, 5.74) is 5.36. The van der Waals surface area contributed by atoms with E-state index in [-0.39, 0.29) is 6.04 Å². The van der Waals surface area contributed by atoms with Crippen molar-refractivity contribution in [3.05, 3.63) is 83.8 Å². The minimum atomic E-state index is 0.102. The molecule has 2 rings (SSSR count). The number of thioether (sulfide) groups is 1. The molecule has 1 unspecified atom stereocenters. The Kier molecular flexibility index (Phi) is 11.7. The Morgan fingerprint density at radius 2 is 1.87 bits per heavy atom. The highest BCUT2D eigenvalue weighted by Crippen LogP contribution is 2.17. The fourth-order valence-electron chi connectivity index (χ4n) is 3.06. The second-order valence-corrected chi connectivity index (χ2v) is 9.14. The minimum Gasteiger partial charge on any atom is -0.469 e. The van der Waals surface area contributed by atoms with Gasteiger partial charge < -0.3 is 15.4 Å². The summed E-state index contributed by atoms with van der Waals surface area (Å²) in [5.74, 6) is 2.78. The van der Waals surface area contributed by atoms with Crippen molar-refractivity contribution >= 4 is 17.6 Å². The molecule has 168 valence electrons. The summed E-state index contributed by atoms with van der Waals surface area (Å²) in [6.45, 7) is 8.81. The van der Waals surface area contributed by atoms with Gasteiger partial charge in [0.05, 0.1) is 11.7 Å². The highest BCUT2D eigenvalue weighted by Gasteiger charge is 2.16. The highest BCUT2D eigenvalue weighted by atomic mass is 32.2. The lowest BCUT2D eigenvalue weighted by molar-refractivity contribution is 0.379. The van der Waals surface area contributed by atoms with Crippen molar-refractivity contribution in [2.45, 2.75) is 59.4 Å². The molecule has 4 nitrogen and oxygen atoms in total. The molecular weight excluding hydrogens is 402 g/mol. The number of rotatable bonds is 13. The zero-order chi connectivity index (χ0) is 22.3. The second-order valence-electron chi connectivity index (χ2n) is 8.07. The first kappa shape index (κ1) is 24.9. The van der Waals surface area contributed by atoms with Gasteiger partial charge in [0, 0.05) is 23.9 Å². The maximum Gasteiger partial charge on any atom is 0.126 e. The van der Waals surface area contributed by atoms with Crippen LogP contribution in [0, 0.1) is 0 Å². The van der Waals surface area contributed by atoms with Gasteiger partial charge in [-0.3, -0.25) is 0 Å². The number of nitrogens with zero attached hydrogens (tertiary/aromatic N) is 1. The molecule has 1 aromatic heterocycles. The Morgan fingerprint density at radius 3 is 2.55 bits per heavy atom. The third-order valence-corrected chi connectivity index (χ3v) is 5.88. The quantitative estimate of drug-likeness (QED) is 0.257. The van der Waals surface area contributed by atoms with E-state index in [9.17, 15) is 0 Å². The molecule has 0 aromatic carbocycles. The summed E-state index contributed by atoms with van der Waals surface area (Å²) in [4.78, 5) is 4.39. The lowest BCUT2D eigenvalue weighted by Gasteiger charge is -2.23. The van der Waals surface area contributed by atoms with Gasteiger partial charge in [-0.15, -0.1) is 0 Å². The predicted molar refractivity (Wildman–Crippen MR) is 136 cm³/mol. The molecule has 1 aromatic rings. The average Bonchev–Trinajstić information content (AvgIpc) is 2.77. The summed E-state index contributed by atoms with van der Waals surface area (Å²) >= 11 is 1.91. The lowest BCUT2D eigenvalue weighted by Crippen LogP contribution is -2.32. The highest BCUT2D eigenvalue weighted by molar-refractivity contribution is 7.99. The number of ether oxygens (including phenoxy) is 1. The molecule has 0 fully saturated rings. The molecule has 5 heteroatoms. The molecule has 31 heavy (non-hydrogen) atoms. The van der Waals surface area contributed by atoms with Crippen LogP contribution in [0.15, 0.2) is 83.8 Å². The van der Waals surface area contributed by atoms with Crippen molar-refractivity contribution in [1.29, 1.82) is 0 Å². The van der Waals surface area contributed by atoms with E-state index in [0.717, 1.165) is 48.7 Å². The SMILES string of the molecule is CC(C)=CCC/C(C)=C/CC/C(C)=C/CSCC(Nc1ccccn1)C1=COC=CN1. The van der Waals surface area contributed by atoms with Crippen LogP contribution >= 0.6 is 11.8 Å². The largest absolute Gasteiger partial charge is 0.469 e. The van der Waals surface area contributed by atoms with E-state index in [1.165, 1.54) is 16.7 Å². The van der Waals surface area contributed by atoms with Gasteiger partial charge in [0.25, 0.3) is 0 Å². The third kappa shape index (κ3) is 11.0. The predicted octanol–water partition coefficient (Wildman–Crippen LogP) is 6.95. The number of aromatic nitrogens is 1. The number of hydrogen-bond acceptors (Lipinski definition) is 5. The molecule has 0 bridgehead atoms. The summed E-state index contributed by atoms with van der Waals surface area (Å²) < 4.78 is 5.35. The number of nitrogens with one attached hydrogen (secondary N) is 2. The number of allylic oxidation sites excluding steroid dienone is 5. The van der Waals surface area contributed by atoms with Crippen LogP contribution in [0.5, 0.6) is 0 Å². The van der Waals surface area contributed by atoms with Crippen LogP contribution in [-0.2, 0) is 4.74 Å². The first-order valence-corrected chi connectivity index (χ1v) is 12.2. The van der Waals surface area contributed by atoms with Crippen LogP contribution in [0.1, 0.15) is 53.4 Å². The fraction of sp³-hybridized carbons (Fsp3) is 0.423. The van der Waals surface area contributed by atoms with Gasteiger partial charge in [0.15, 0.2) is 0 Å². The Morgan fingerprint density at radius 1 is 1.10 bits per heavy atom. The molecule has 2 heterocycles. The Hall–Kier alpha value is -2.40. The smallest absolute Gasteiger partial charge is 0.126 e. The van der Waals surface area contributed by atoms with E-state index in [1.807, 2.05) is 36.2 Å². The van der Waals surface area contributed by atoms with E-state index in [1.54, 1.807) is 18.7 Å². The number of hydrogen-bond donors (Lipinski definition) is 2. The van der Waals surface area contributed by atoms with Crippen LogP contribution in [0.3, 0.4) is 0 Å². The molecule has 0 amide bonds. The van der Waals surface area contributed by atoms with Gasteiger partial charge in [-0.25, -0.2) is 4.98 Å². The van der Waals surface area contributed by atoms with Gasteiger partial charge in [-0.05, 0) is 65.5 Å². The second kappa shape index (κ2) is 14.6. The molecule has 0 aliphatic carbocycles. The van der Waals surface area contributed by atoms with Crippen molar-refractivity contribution < 1.29 is 4.74 Å². The van der Waals surface area contributed by atoms with Crippen LogP contribution in [0.25, 0.3) is 0 Å². The van der Waals surface area contributed by atoms with Gasteiger partial charge in [0.1, 0.15) is 18.3 Å². The minimum absolute atomic E-state index is 0.102. The van der Waals surface area contributed by atoms with Crippen molar-refractivity contribution in [3.63, 3.8) is 0 Å². The van der Waals surface area contributed by atoms with Crippen LogP contribution in [-0.4, -0.2) is 22.5 Å². The fourth-order valence-corrected chi connectivity index (χ4v) is 4.10. The lowest BCUT2D eigenvalue weighted by atomic mass is 10.1. The van der Waals surface area contributed by atoms with E-state index in [2.05, 4.69) is 61.5 Å². The summed E-state index contributed by atoms with van der Waals surface area (Å²) in [6, 6.07) is 6.00. The van der Waals surface area contributed by atoms with Crippen molar-refractivity contribution in [3.8, 4) is 0 Å². The molecule has 1 atom stereocenters. The summed E-state index contributed by atoms with van der Waals surface area (Å²) in [7, 11) is 0. The van der Waals surface area contributed by atoms with E-state index in [4.69, 9.17) is 4.74 Å². The van der Waals surface area contributed by atoms with E-state index >= 15 is 0 Å². The van der Waals surface area contributed by atoms with E-state index < -0.39 is 0 Å². The van der Waals surface area contributed by atoms with E-state index in [0.29, 0.717) is 0 Å². The van der Waals surface area contributed by atoms with Gasteiger partial charge in [0.2, 0.25) is 0 Å². The summed E-state index contributed by atoms with van der Waals surface area (Å²) in [6.07, 6.45) is 18.6. The maximum atomic E-state index is 5.35. The zero-order valence-corrected chi connectivity index (χ0v) is 20.2. The first-order valence-electron chi connectivity index (χ1n) is 11.0. The molecule has 0 saturated heterocycles. The summed E-state index contributed by atoms with van der Waals surface area (Å²) in [5, 5.41) is 6.77. The monoisotopic (exact) mass is 439 g/mol. The molecule has 1 aliphatic rings. The molecule has 0 spiro atoms. The van der Waals surface area contributed by atoms with Crippen molar-refractivity contribution in [1.82, 2.24) is 10.3 Å². The molecule has 0 radical (unpaired) electrons. The first-order chi connectivity index (χ1) is 15.0. The average molecular weight is 440 g/mol. The van der Waals surface area contributed by atoms with Crippen LogP contribution < -0.4 is 10.6 Å². The topological polar surface area (TPSA) is 46.2 Å². The molecule has 1 aliphatic heterocycles. The van der Waals surface area contributed by atoms with Gasteiger partial charge in [-0.1, -0.05) is 41.0 Å². The van der Waals surface area contributed by atoms with Crippen LogP contribution in [0.4, 0.5) is 5.82 Å². The maximum absolute atomic E-state index is 5.35. The Balaban J connectivity index is 1.75. The standard InChI is InChI=1S/C26H37N3OS/c1-21(2)9-7-10-22(3)11-8-12-23(4)14-18-31-20-25(24-19-30-17-16-27-24)29-26-13-5-6-15-28-26/h5-6,9,11,13-17,19,25,27H,7-8,10,12,18,20H2,1-4H3,(H,28,29)/b22-11+,23-14+. The van der Waals surface area contributed by atoms with Crippen molar-refractivity contribution in [2.75, 3.05) is 16.8 Å². The molecular formula is C26H37N3OS. The Labute approximate surface area is 192 Å². The van der Waals surface area contributed by atoms with Gasteiger partial charge >= 0.3 is 0 Å². The Bertz CT molecular complexity index is 805. The van der Waals surface area contributed by atoms with Gasteiger partial charge in [-0.2, -0.15) is 11.8 Å². The van der Waals surface area contributed by atoms with Crippen molar-refractivity contribution in [2.24, 2.45) is 0 Å². The molecule has 2 N–H and O–H groups in total. The number of anilines is 1. The van der Waals surface area contributed by atoms with Crippen LogP contribution in [0.2, 0.25) is 0 Å².